The van der Waals surface area contributed by atoms with E-state index in [2.05, 4.69) is 5.32 Å². The van der Waals surface area contributed by atoms with E-state index < -0.39 is 11.9 Å². The Morgan fingerprint density at radius 3 is 2.47 bits per heavy atom. The smallest absolute Gasteiger partial charge is 0.328 e. The standard InChI is InChI=1S/C10H15NO4/c12-8-4-2-1-3-7-11-9(13)5-6-10(14)15/h5-6,8H,1-4,7H2,(H,11,13)(H,14,15)/b6-5-. The number of carboxylic acid groups (broad SMARTS) is 1. The Labute approximate surface area is 88.2 Å². The Morgan fingerprint density at radius 2 is 1.87 bits per heavy atom. The van der Waals surface area contributed by atoms with Gasteiger partial charge < -0.3 is 15.2 Å². The highest BCUT2D eigenvalue weighted by molar-refractivity contribution is 5.93. The average molecular weight is 213 g/mol. The fraction of sp³-hybridized carbons (Fsp3) is 0.500. The summed E-state index contributed by atoms with van der Waals surface area (Å²) in [7, 11) is 0. The van der Waals surface area contributed by atoms with Gasteiger partial charge in [0.2, 0.25) is 5.91 Å². The number of aliphatic carboxylic acids is 1. The summed E-state index contributed by atoms with van der Waals surface area (Å²) in [4.78, 5) is 30.9. The molecule has 1 amide bonds. The number of hydrogen-bond donors (Lipinski definition) is 2. The van der Waals surface area contributed by atoms with E-state index in [1.165, 1.54) is 0 Å². The van der Waals surface area contributed by atoms with Gasteiger partial charge in [0.05, 0.1) is 0 Å². The Morgan fingerprint density at radius 1 is 1.13 bits per heavy atom. The molecule has 0 saturated heterocycles. The van der Waals surface area contributed by atoms with Gasteiger partial charge in [-0.2, -0.15) is 0 Å². The largest absolute Gasteiger partial charge is 0.478 e. The lowest BCUT2D eigenvalue weighted by molar-refractivity contribution is -0.131. The molecular weight excluding hydrogens is 198 g/mol. The molecule has 0 radical (unpaired) electrons. The van der Waals surface area contributed by atoms with Crippen LogP contribution in [0.3, 0.4) is 0 Å². The Hall–Kier alpha value is -1.65. The van der Waals surface area contributed by atoms with E-state index in [9.17, 15) is 14.4 Å². The second kappa shape index (κ2) is 8.93. The van der Waals surface area contributed by atoms with E-state index in [4.69, 9.17) is 5.11 Å². The van der Waals surface area contributed by atoms with Crippen molar-refractivity contribution in [2.45, 2.75) is 25.7 Å². The molecule has 0 spiro atoms. The molecule has 0 aromatic carbocycles. The van der Waals surface area contributed by atoms with Crippen LogP contribution in [0.2, 0.25) is 0 Å². The van der Waals surface area contributed by atoms with Gasteiger partial charge in [0.25, 0.3) is 0 Å². The monoisotopic (exact) mass is 213 g/mol. The zero-order chi connectivity index (χ0) is 11.5. The Balaban J connectivity index is 3.39. The molecule has 0 fully saturated rings. The highest BCUT2D eigenvalue weighted by atomic mass is 16.4. The van der Waals surface area contributed by atoms with E-state index in [0.717, 1.165) is 37.7 Å². The van der Waals surface area contributed by atoms with Crippen molar-refractivity contribution < 1.29 is 19.5 Å². The highest BCUT2D eigenvalue weighted by Crippen LogP contribution is 1.96. The van der Waals surface area contributed by atoms with Crippen molar-refractivity contribution in [2.75, 3.05) is 6.54 Å². The van der Waals surface area contributed by atoms with Crippen LogP contribution in [-0.2, 0) is 14.4 Å². The van der Waals surface area contributed by atoms with Crippen LogP contribution in [0, 0.1) is 0 Å². The molecule has 0 aromatic heterocycles. The van der Waals surface area contributed by atoms with Crippen molar-refractivity contribution in [3.05, 3.63) is 12.2 Å². The number of unbranched alkanes of at least 4 members (excludes halogenated alkanes) is 3. The minimum atomic E-state index is -1.14. The van der Waals surface area contributed by atoms with E-state index in [1.54, 1.807) is 0 Å². The summed E-state index contributed by atoms with van der Waals surface area (Å²) < 4.78 is 0. The summed E-state index contributed by atoms with van der Waals surface area (Å²) >= 11 is 0. The third-order valence-electron chi connectivity index (χ3n) is 1.68. The second-order valence-corrected chi connectivity index (χ2v) is 2.98. The summed E-state index contributed by atoms with van der Waals surface area (Å²) in [6.07, 6.45) is 5.68. The Kier molecular flexibility index (Phi) is 7.94. The molecule has 0 aliphatic rings. The number of nitrogens with one attached hydrogen (secondary N) is 1. The van der Waals surface area contributed by atoms with Crippen LogP contribution in [0.15, 0.2) is 12.2 Å². The number of carbonyl (C=O) groups is 3. The molecule has 0 aliphatic carbocycles. The molecule has 0 atom stereocenters. The molecule has 84 valence electrons. The summed E-state index contributed by atoms with van der Waals surface area (Å²) in [5.41, 5.74) is 0. The van der Waals surface area contributed by atoms with Crippen LogP contribution in [0.25, 0.3) is 0 Å². The maximum atomic E-state index is 10.9. The van der Waals surface area contributed by atoms with Gasteiger partial charge in [0, 0.05) is 25.1 Å². The molecule has 2 N–H and O–H groups in total. The molecule has 5 nitrogen and oxygen atoms in total. The molecule has 0 unspecified atom stereocenters. The molecular formula is C10H15NO4. The first kappa shape index (κ1) is 13.4. The number of carboxylic acids is 1. The van der Waals surface area contributed by atoms with Crippen LogP contribution in [0.4, 0.5) is 0 Å². The van der Waals surface area contributed by atoms with Gasteiger partial charge in [-0.05, 0) is 12.8 Å². The first-order valence-electron chi connectivity index (χ1n) is 4.79. The summed E-state index contributed by atoms with van der Waals surface area (Å²) in [6.45, 7) is 0.502. The van der Waals surface area contributed by atoms with E-state index in [0.29, 0.717) is 13.0 Å². The molecule has 15 heavy (non-hydrogen) atoms. The fourth-order valence-corrected chi connectivity index (χ4v) is 0.947. The minimum absolute atomic E-state index is 0.409. The van der Waals surface area contributed by atoms with Gasteiger partial charge in [-0.3, -0.25) is 4.79 Å². The van der Waals surface area contributed by atoms with Gasteiger partial charge in [0.15, 0.2) is 0 Å². The lowest BCUT2D eigenvalue weighted by atomic mass is 10.2. The lowest BCUT2D eigenvalue weighted by Gasteiger charge is -2.00. The number of carbonyl (C=O) groups excluding carboxylic acids is 2. The summed E-state index contributed by atoms with van der Waals surface area (Å²) in [5, 5.41) is 10.8. The number of amides is 1. The van der Waals surface area contributed by atoms with Gasteiger partial charge in [-0.15, -0.1) is 0 Å². The normalized spacial score (nSPS) is 10.1. The molecule has 0 rings (SSSR count). The van der Waals surface area contributed by atoms with Gasteiger partial charge in [-0.1, -0.05) is 6.42 Å². The van der Waals surface area contributed by atoms with Gasteiger partial charge in [0.1, 0.15) is 6.29 Å². The predicted octanol–water partition coefficient (Wildman–Crippen LogP) is 0.503. The molecule has 0 bridgehead atoms. The molecule has 0 aromatic rings. The molecule has 0 heterocycles. The predicted molar refractivity (Wildman–Crippen MR) is 54.3 cm³/mol. The van der Waals surface area contributed by atoms with Gasteiger partial charge >= 0.3 is 5.97 Å². The van der Waals surface area contributed by atoms with Crippen LogP contribution in [0.5, 0.6) is 0 Å². The third-order valence-corrected chi connectivity index (χ3v) is 1.68. The van der Waals surface area contributed by atoms with E-state index in [-0.39, 0.29) is 0 Å². The molecule has 5 heteroatoms. The Bertz CT molecular complexity index is 248. The van der Waals surface area contributed by atoms with E-state index in [1.807, 2.05) is 0 Å². The lowest BCUT2D eigenvalue weighted by Crippen LogP contribution is -2.22. The maximum absolute atomic E-state index is 10.9. The van der Waals surface area contributed by atoms with Crippen LogP contribution in [0.1, 0.15) is 25.7 Å². The first-order chi connectivity index (χ1) is 7.16. The summed E-state index contributed by atoms with van der Waals surface area (Å²) in [6, 6.07) is 0. The van der Waals surface area contributed by atoms with Gasteiger partial charge in [-0.25, -0.2) is 4.79 Å². The zero-order valence-electron chi connectivity index (χ0n) is 8.44. The van der Waals surface area contributed by atoms with Crippen molar-refractivity contribution in [1.29, 1.82) is 0 Å². The molecule has 0 saturated carbocycles. The van der Waals surface area contributed by atoms with Crippen molar-refractivity contribution in [3.63, 3.8) is 0 Å². The number of aldehydes is 1. The number of rotatable bonds is 8. The fourth-order valence-electron chi connectivity index (χ4n) is 0.947. The van der Waals surface area contributed by atoms with Crippen LogP contribution in [-0.4, -0.2) is 29.8 Å². The van der Waals surface area contributed by atoms with Crippen LogP contribution >= 0.6 is 0 Å². The average Bonchev–Trinajstić information content (AvgIpc) is 2.20. The van der Waals surface area contributed by atoms with Crippen LogP contribution < -0.4 is 5.32 Å². The first-order valence-corrected chi connectivity index (χ1v) is 4.79. The molecule has 0 aliphatic heterocycles. The number of hydrogen-bond acceptors (Lipinski definition) is 3. The summed E-state index contributed by atoms with van der Waals surface area (Å²) in [5.74, 6) is -1.55. The SMILES string of the molecule is O=CCCCCCNC(=O)/C=C\C(=O)O. The van der Waals surface area contributed by atoms with Crippen molar-refractivity contribution in [1.82, 2.24) is 5.32 Å². The third kappa shape index (κ3) is 10.3. The van der Waals surface area contributed by atoms with E-state index >= 15 is 0 Å². The minimum Gasteiger partial charge on any atom is -0.478 e. The second-order valence-electron chi connectivity index (χ2n) is 2.98. The zero-order valence-corrected chi connectivity index (χ0v) is 8.44. The maximum Gasteiger partial charge on any atom is 0.328 e. The topological polar surface area (TPSA) is 83.5 Å². The van der Waals surface area contributed by atoms with Crippen molar-refractivity contribution >= 4 is 18.2 Å². The highest BCUT2D eigenvalue weighted by Gasteiger charge is 1.95. The van der Waals surface area contributed by atoms with Crippen molar-refractivity contribution in [3.8, 4) is 0 Å². The van der Waals surface area contributed by atoms with Crippen molar-refractivity contribution in [2.24, 2.45) is 0 Å². The quantitative estimate of drug-likeness (QED) is 0.349.